The van der Waals surface area contributed by atoms with Gasteiger partial charge in [-0.2, -0.15) is 0 Å². The molecule has 1 aliphatic heterocycles. The number of morpholine rings is 1. The number of nitrogens with zero attached hydrogens (tertiary/aromatic N) is 2. The van der Waals surface area contributed by atoms with Crippen molar-refractivity contribution in [2.45, 2.75) is 26.3 Å². The number of anilines is 1. The molecule has 0 radical (unpaired) electrons. The smallest absolute Gasteiger partial charge is 0.186 e. The zero-order valence-corrected chi connectivity index (χ0v) is 15.6. The molecule has 2 aromatic rings. The van der Waals surface area contributed by atoms with E-state index in [0.717, 1.165) is 33.1 Å². The largest absolute Gasteiger partial charge is 0.377 e. The molecule has 1 aromatic heterocycles. The minimum absolute atomic E-state index is 0.0862. The molecule has 1 aromatic carbocycles. The number of ketones is 1. The van der Waals surface area contributed by atoms with Crippen LogP contribution in [0, 0.1) is 6.92 Å². The molecule has 0 amide bonds. The average molecular weight is 395 g/mol. The fraction of sp³-hybridized carbons (Fsp3) is 0.412. The highest BCUT2D eigenvalue weighted by atomic mass is 79.9. The van der Waals surface area contributed by atoms with Crippen LogP contribution >= 0.6 is 27.3 Å². The highest BCUT2D eigenvalue weighted by Gasteiger charge is 2.27. The van der Waals surface area contributed by atoms with Crippen molar-refractivity contribution >= 4 is 38.2 Å². The van der Waals surface area contributed by atoms with Crippen molar-refractivity contribution in [1.29, 1.82) is 0 Å². The zero-order chi connectivity index (χ0) is 16.4. The van der Waals surface area contributed by atoms with E-state index < -0.39 is 0 Å². The normalized spacial score (nSPS) is 18.2. The Morgan fingerprint density at radius 3 is 3.04 bits per heavy atom. The van der Waals surface area contributed by atoms with E-state index >= 15 is 0 Å². The van der Waals surface area contributed by atoms with Crippen LogP contribution in [0.3, 0.4) is 0 Å². The molecule has 122 valence electrons. The molecule has 0 aliphatic carbocycles. The van der Waals surface area contributed by atoms with Gasteiger partial charge in [-0.25, -0.2) is 4.98 Å². The molecule has 1 atom stereocenters. The second-order valence-corrected chi connectivity index (χ2v) is 7.62. The number of carbonyl (C=O) groups is 1. The van der Waals surface area contributed by atoms with Gasteiger partial charge in [-0.05, 0) is 31.0 Å². The van der Waals surface area contributed by atoms with E-state index in [2.05, 4.69) is 44.0 Å². The monoisotopic (exact) mass is 394 g/mol. The molecular weight excluding hydrogens is 376 g/mol. The van der Waals surface area contributed by atoms with Crippen molar-refractivity contribution in [2.24, 2.45) is 0 Å². The van der Waals surface area contributed by atoms with Crippen LogP contribution in [0.4, 0.5) is 5.13 Å². The lowest BCUT2D eigenvalue weighted by molar-refractivity contribution is 0.0940. The topological polar surface area (TPSA) is 42.4 Å². The van der Waals surface area contributed by atoms with Gasteiger partial charge in [0.2, 0.25) is 0 Å². The van der Waals surface area contributed by atoms with Crippen LogP contribution in [0.2, 0.25) is 0 Å². The van der Waals surface area contributed by atoms with Gasteiger partial charge in [0.15, 0.2) is 10.9 Å². The fourth-order valence-corrected chi connectivity index (χ4v) is 4.35. The summed E-state index contributed by atoms with van der Waals surface area (Å²) in [4.78, 5) is 19.4. The van der Waals surface area contributed by atoms with E-state index in [0.29, 0.717) is 13.2 Å². The zero-order valence-electron chi connectivity index (χ0n) is 13.2. The molecule has 4 nitrogen and oxygen atoms in total. The van der Waals surface area contributed by atoms with E-state index in [1.807, 2.05) is 13.0 Å². The number of hydrogen-bond donors (Lipinski definition) is 0. The Morgan fingerprint density at radius 2 is 2.35 bits per heavy atom. The molecule has 1 saturated heterocycles. The third kappa shape index (κ3) is 3.82. The second kappa shape index (κ2) is 7.11. The van der Waals surface area contributed by atoms with E-state index in [4.69, 9.17) is 4.74 Å². The van der Waals surface area contributed by atoms with Crippen LogP contribution in [0.25, 0.3) is 0 Å². The van der Waals surface area contributed by atoms with Crippen molar-refractivity contribution in [1.82, 2.24) is 4.98 Å². The van der Waals surface area contributed by atoms with Crippen LogP contribution < -0.4 is 4.90 Å². The molecular formula is C17H19BrN2O2S. The molecule has 3 rings (SSSR count). The third-order valence-corrected chi connectivity index (χ3v) is 5.73. The molecule has 6 heteroatoms. The average Bonchev–Trinajstić information content (AvgIpc) is 2.90. The lowest BCUT2D eigenvalue weighted by Gasteiger charge is -2.35. The van der Waals surface area contributed by atoms with Gasteiger partial charge in [0, 0.05) is 17.9 Å². The lowest BCUT2D eigenvalue weighted by Crippen LogP contribution is -2.46. The van der Waals surface area contributed by atoms with Crippen molar-refractivity contribution in [2.75, 3.05) is 24.7 Å². The fourth-order valence-electron chi connectivity index (χ4n) is 2.84. The Labute approximate surface area is 148 Å². The van der Waals surface area contributed by atoms with E-state index in [-0.39, 0.29) is 11.8 Å². The molecule has 2 heterocycles. The number of Topliss-reactive ketones (excluding diaryl/α,β-unsaturated/α-hetero) is 1. The number of ether oxygens (including phenoxy) is 1. The summed E-state index contributed by atoms with van der Waals surface area (Å²) in [5, 5.41) is 0.927. The summed E-state index contributed by atoms with van der Waals surface area (Å²) in [6.07, 6.45) is 0.896. The SMILES string of the molecule is CC(=O)c1sc(N2CCOCC2Cc2cccc(Br)c2)nc1C. The van der Waals surface area contributed by atoms with Gasteiger partial charge in [-0.15, -0.1) is 0 Å². The summed E-state index contributed by atoms with van der Waals surface area (Å²) in [5.74, 6) is 0.0862. The second-order valence-electron chi connectivity index (χ2n) is 5.72. The van der Waals surface area contributed by atoms with Gasteiger partial charge in [0.05, 0.1) is 29.8 Å². The standard InChI is InChI=1S/C17H19BrN2O2S/c1-11-16(12(2)21)23-17(19-11)20-6-7-22-10-15(20)9-13-4-3-5-14(18)8-13/h3-5,8,15H,6-7,9-10H2,1-2H3. The van der Waals surface area contributed by atoms with E-state index in [1.165, 1.54) is 16.9 Å². The first-order valence-electron chi connectivity index (χ1n) is 7.62. The first-order valence-corrected chi connectivity index (χ1v) is 9.22. The number of benzene rings is 1. The van der Waals surface area contributed by atoms with Crippen LogP contribution in [-0.4, -0.2) is 36.6 Å². The predicted octanol–water partition coefficient (Wildman–Crippen LogP) is 3.86. The summed E-state index contributed by atoms with van der Waals surface area (Å²) >= 11 is 5.02. The first-order chi connectivity index (χ1) is 11.0. The number of thiazole rings is 1. The Hall–Kier alpha value is -1.24. The quantitative estimate of drug-likeness (QED) is 0.738. The summed E-state index contributed by atoms with van der Waals surface area (Å²) in [6, 6.07) is 8.59. The maximum absolute atomic E-state index is 11.7. The number of carbonyl (C=O) groups excluding carboxylic acids is 1. The molecule has 1 aliphatic rings. The van der Waals surface area contributed by atoms with Crippen LogP contribution in [0.1, 0.15) is 27.9 Å². The van der Waals surface area contributed by atoms with Gasteiger partial charge in [-0.3, -0.25) is 4.79 Å². The lowest BCUT2D eigenvalue weighted by atomic mass is 10.0. The van der Waals surface area contributed by atoms with Gasteiger partial charge in [0.25, 0.3) is 0 Å². The van der Waals surface area contributed by atoms with E-state index in [1.54, 1.807) is 6.92 Å². The Bertz CT molecular complexity index is 716. The highest BCUT2D eigenvalue weighted by Crippen LogP contribution is 2.30. The van der Waals surface area contributed by atoms with Crippen LogP contribution in [0.5, 0.6) is 0 Å². The van der Waals surface area contributed by atoms with Gasteiger partial charge < -0.3 is 9.64 Å². The Kier molecular flexibility index (Phi) is 5.14. The van der Waals surface area contributed by atoms with Crippen molar-refractivity contribution in [3.05, 3.63) is 44.9 Å². The van der Waals surface area contributed by atoms with E-state index in [9.17, 15) is 4.79 Å². The summed E-state index contributed by atoms with van der Waals surface area (Å²) in [6.45, 7) is 5.69. The molecule has 23 heavy (non-hydrogen) atoms. The minimum Gasteiger partial charge on any atom is -0.377 e. The molecule has 1 fully saturated rings. The molecule has 0 saturated carbocycles. The molecule has 0 N–H and O–H groups in total. The first kappa shape index (κ1) is 16.6. The Balaban J connectivity index is 1.84. The Morgan fingerprint density at radius 1 is 1.52 bits per heavy atom. The maximum atomic E-state index is 11.7. The number of hydrogen-bond acceptors (Lipinski definition) is 5. The number of aromatic nitrogens is 1. The maximum Gasteiger partial charge on any atom is 0.186 e. The number of aryl methyl sites for hydroxylation is 1. The summed E-state index contributed by atoms with van der Waals surface area (Å²) < 4.78 is 6.76. The van der Waals surface area contributed by atoms with Gasteiger partial charge in [0.1, 0.15) is 0 Å². The molecule has 0 bridgehead atoms. The third-order valence-electron chi connectivity index (χ3n) is 3.94. The molecule has 1 unspecified atom stereocenters. The van der Waals surface area contributed by atoms with Gasteiger partial charge >= 0.3 is 0 Å². The minimum atomic E-state index is 0.0862. The van der Waals surface area contributed by atoms with Crippen molar-refractivity contribution in [3.63, 3.8) is 0 Å². The predicted molar refractivity (Wildman–Crippen MR) is 96.7 cm³/mol. The molecule has 0 spiro atoms. The number of rotatable bonds is 4. The highest BCUT2D eigenvalue weighted by molar-refractivity contribution is 9.10. The number of halogens is 1. The summed E-state index contributed by atoms with van der Waals surface area (Å²) in [5.41, 5.74) is 2.09. The summed E-state index contributed by atoms with van der Waals surface area (Å²) in [7, 11) is 0. The van der Waals surface area contributed by atoms with Gasteiger partial charge in [-0.1, -0.05) is 39.4 Å². The van der Waals surface area contributed by atoms with Crippen molar-refractivity contribution in [3.8, 4) is 0 Å². The van der Waals surface area contributed by atoms with Crippen LogP contribution in [0.15, 0.2) is 28.7 Å². The van der Waals surface area contributed by atoms with Crippen LogP contribution in [-0.2, 0) is 11.2 Å². The van der Waals surface area contributed by atoms with Crippen molar-refractivity contribution < 1.29 is 9.53 Å².